The Morgan fingerprint density at radius 2 is 1.12 bits per heavy atom. The van der Waals surface area contributed by atoms with E-state index >= 15 is 0 Å². The summed E-state index contributed by atoms with van der Waals surface area (Å²) in [7, 11) is 1.29. The Labute approximate surface area is 197 Å². The maximum absolute atomic E-state index is 11.9. The summed E-state index contributed by atoms with van der Waals surface area (Å²) in [6, 6.07) is 4.77. The lowest BCUT2D eigenvalue weighted by Crippen LogP contribution is -2.13. The zero-order chi connectivity index (χ0) is 24.7. The number of carbonyl (C=O) groups is 1. The molecule has 188 valence electrons. The van der Waals surface area contributed by atoms with Gasteiger partial charge in [-0.15, -0.1) is 0 Å². The molecule has 0 fully saturated rings. The van der Waals surface area contributed by atoms with E-state index in [4.69, 9.17) is 44.2 Å². The van der Waals surface area contributed by atoms with E-state index in [1.807, 2.05) is 0 Å². The van der Waals surface area contributed by atoms with Gasteiger partial charge in [0, 0.05) is 29.0 Å². The first-order valence-corrected chi connectivity index (χ1v) is 10.5. The molecule has 1 aromatic carbocycles. The van der Waals surface area contributed by atoms with Gasteiger partial charge in [-0.25, -0.2) is 4.79 Å². The van der Waals surface area contributed by atoms with Crippen molar-refractivity contribution in [1.82, 2.24) is 0 Å². The van der Waals surface area contributed by atoms with Gasteiger partial charge in [0.05, 0.1) is 65.5 Å². The van der Waals surface area contributed by atoms with Crippen molar-refractivity contribution in [1.29, 1.82) is 0 Å². The van der Waals surface area contributed by atoms with Crippen molar-refractivity contribution in [2.24, 2.45) is 10.2 Å². The largest absolute Gasteiger partial charge is 0.491 e. The molecular weight excluding hydrogens is 452 g/mol. The van der Waals surface area contributed by atoms with Crippen molar-refractivity contribution in [2.45, 2.75) is 0 Å². The minimum absolute atomic E-state index is 0.256. The summed E-state index contributed by atoms with van der Waals surface area (Å²) in [5.74, 6) is 0.349. The third-order valence-electron chi connectivity index (χ3n) is 3.84. The molecule has 0 unspecified atom stereocenters. The maximum Gasteiger partial charge on any atom is 0.338 e. The van der Waals surface area contributed by atoms with Crippen LogP contribution in [0.15, 0.2) is 28.4 Å². The second-order valence-corrected chi connectivity index (χ2v) is 6.24. The van der Waals surface area contributed by atoms with Crippen LogP contribution >= 0.6 is 0 Å². The molecule has 0 bridgehead atoms. The Morgan fingerprint density at radius 3 is 1.53 bits per heavy atom. The number of hydrogen-bond donors (Lipinski definition) is 0. The molecule has 0 atom stereocenters. The van der Waals surface area contributed by atoms with Crippen LogP contribution in [0, 0.1) is 0 Å². The number of rotatable bonds is 21. The summed E-state index contributed by atoms with van der Waals surface area (Å²) in [6.07, 6.45) is 0. The van der Waals surface area contributed by atoms with Crippen LogP contribution in [-0.2, 0) is 23.7 Å². The predicted molar refractivity (Wildman–Crippen MR) is 120 cm³/mol. The van der Waals surface area contributed by atoms with E-state index in [-0.39, 0.29) is 26.3 Å². The number of hydrogen-bond acceptors (Lipinski definition) is 10. The lowest BCUT2D eigenvalue weighted by Gasteiger charge is -2.12. The molecule has 34 heavy (non-hydrogen) atoms. The van der Waals surface area contributed by atoms with Gasteiger partial charge >= 0.3 is 5.97 Å². The molecule has 0 aliphatic heterocycles. The quantitative estimate of drug-likeness (QED) is 0.0843. The lowest BCUT2D eigenvalue weighted by atomic mass is 10.2. The number of carbonyl (C=O) groups excluding carboxylic acids is 1. The number of benzene rings is 1. The van der Waals surface area contributed by atoms with Gasteiger partial charge in [0.1, 0.15) is 24.7 Å². The first kappa shape index (κ1) is 28.8. The zero-order valence-corrected chi connectivity index (χ0v) is 19.2. The van der Waals surface area contributed by atoms with Crippen molar-refractivity contribution in [3.8, 4) is 11.5 Å². The molecule has 0 heterocycles. The highest BCUT2D eigenvalue weighted by Crippen LogP contribution is 2.23. The normalized spacial score (nSPS) is 10.1. The Hall–Kier alpha value is -3.25. The van der Waals surface area contributed by atoms with E-state index in [9.17, 15) is 4.79 Å². The fourth-order valence-electron chi connectivity index (χ4n) is 2.36. The summed E-state index contributed by atoms with van der Waals surface area (Å²) in [6.45, 7) is 3.87. The minimum atomic E-state index is -0.515. The molecule has 14 heteroatoms. The highest BCUT2D eigenvalue weighted by Gasteiger charge is 2.11. The molecule has 0 aromatic heterocycles. The van der Waals surface area contributed by atoms with Gasteiger partial charge in [-0.3, -0.25) is 0 Å². The number of methoxy groups -OCH3 is 1. The van der Waals surface area contributed by atoms with E-state index < -0.39 is 5.97 Å². The summed E-state index contributed by atoms with van der Waals surface area (Å²) in [5.41, 5.74) is 16.6. The molecule has 0 aliphatic rings. The zero-order valence-electron chi connectivity index (χ0n) is 19.2. The highest BCUT2D eigenvalue weighted by atomic mass is 16.6. The van der Waals surface area contributed by atoms with Crippen molar-refractivity contribution in [2.75, 3.05) is 86.3 Å². The fourth-order valence-corrected chi connectivity index (χ4v) is 2.36. The van der Waals surface area contributed by atoms with Crippen LogP contribution in [0.5, 0.6) is 11.5 Å². The third kappa shape index (κ3) is 14.7. The van der Waals surface area contributed by atoms with Crippen molar-refractivity contribution in [3.63, 3.8) is 0 Å². The summed E-state index contributed by atoms with van der Waals surface area (Å²) < 4.78 is 37.4. The second-order valence-electron chi connectivity index (χ2n) is 6.24. The van der Waals surface area contributed by atoms with Crippen molar-refractivity contribution >= 4 is 5.97 Å². The molecule has 1 rings (SSSR count). The molecule has 0 saturated carbocycles. The third-order valence-corrected chi connectivity index (χ3v) is 3.84. The number of esters is 1. The number of azide groups is 2. The van der Waals surface area contributed by atoms with Gasteiger partial charge in [0.25, 0.3) is 0 Å². The first-order chi connectivity index (χ1) is 16.7. The van der Waals surface area contributed by atoms with E-state index in [1.165, 1.54) is 7.11 Å². The van der Waals surface area contributed by atoms with Gasteiger partial charge in [0.15, 0.2) is 0 Å². The topological polar surface area (TPSA) is 179 Å². The smallest absolute Gasteiger partial charge is 0.338 e. The van der Waals surface area contributed by atoms with Gasteiger partial charge < -0.3 is 33.2 Å². The number of ether oxygens (including phenoxy) is 7. The molecule has 14 nitrogen and oxygen atoms in total. The van der Waals surface area contributed by atoms with Gasteiger partial charge in [-0.05, 0) is 23.2 Å². The fraction of sp³-hybridized carbons (Fsp3) is 0.650. The predicted octanol–water partition coefficient (Wildman–Crippen LogP) is 2.92. The van der Waals surface area contributed by atoms with Crippen molar-refractivity contribution in [3.05, 3.63) is 44.6 Å². The van der Waals surface area contributed by atoms with Gasteiger partial charge in [-0.1, -0.05) is 10.2 Å². The minimum Gasteiger partial charge on any atom is -0.491 e. The van der Waals surface area contributed by atoms with Crippen LogP contribution in [0.25, 0.3) is 20.9 Å². The van der Waals surface area contributed by atoms with E-state index in [0.717, 1.165) is 0 Å². The van der Waals surface area contributed by atoms with Crippen LogP contribution in [0.2, 0.25) is 0 Å². The summed E-state index contributed by atoms with van der Waals surface area (Å²) in [5, 5.41) is 6.72. The number of nitrogens with zero attached hydrogens (tertiary/aromatic N) is 6. The van der Waals surface area contributed by atoms with Crippen LogP contribution in [0.4, 0.5) is 0 Å². The summed E-state index contributed by atoms with van der Waals surface area (Å²) in [4.78, 5) is 17.2. The molecule has 0 amide bonds. The van der Waals surface area contributed by atoms with Crippen LogP contribution in [0.1, 0.15) is 10.4 Å². The Kier molecular flexibility index (Phi) is 17.2. The molecule has 0 radical (unpaired) electrons. The average molecular weight is 482 g/mol. The van der Waals surface area contributed by atoms with E-state index in [1.54, 1.807) is 18.2 Å². The SMILES string of the molecule is COC(=O)c1cc(OCCOCCOCCN=[N+]=[N-])cc(OCCOCCOCCN=[N+]=[N-])c1. The molecule has 0 aliphatic carbocycles. The van der Waals surface area contributed by atoms with Gasteiger partial charge in [0.2, 0.25) is 0 Å². The van der Waals surface area contributed by atoms with Gasteiger partial charge in [-0.2, -0.15) is 0 Å². The van der Waals surface area contributed by atoms with Crippen LogP contribution in [0.3, 0.4) is 0 Å². The summed E-state index contributed by atoms with van der Waals surface area (Å²) >= 11 is 0. The maximum atomic E-state index is 11.9. The van der Waals surface area contributed by atoms with E-state index in [0.29, 0.717) is 69.9 Å². The standard InChI is InChI=1S/C20H30N6O8/c1-28-20(27)17-14-18(33-12-10-31-8-6-29-4-2-23-25-21)16-19(15-17)34-13-11-32-9-7-30-5-3-24-26-22/h14-16H,2-13H2,1H3. The molecule has 0 spiro atoms. The Balaban J connectivity index is 2.32. The lowest BCUT2D eigenvalue weighted by molar-refractivity contribution is 0.0378. The molecule has 0 N–H and O–H groups in total. The van der Waals surface area contributed by atoms with Crippen LogP contribution in [-0.4, -0.2) is 92.2 Å². The Morgan fingerprint density at radius 1 is 0.706 bits per heavy atom. The molecular formula is C20H30N6O8. The first-order valence-electron chi connectivity index (χ1n) is 10.5. The monoisotopic (exact) mass is 482 g/mol. The second kappa shape index (κ2) is 20.4. The molecule has 1 aromatic rings. The highest BCUT2D eigenvalue weighted by molar-refractivity contribution is 5.90. The van der Waals surface area contributed by atoms with E-state index in [2.05, 4.69) is 20.1 Å². The molecule has 0 saturated heterocycles. The average Bonchev–Trinajstić information content (AvgIpc) is 2.85. The van der Waals surface area contributed by atoms with Crippen LogP contribution < -0.4 is 9.47 Å². The van der Waals surface area contributed by atoms with Crippen molar-refractivity contribution < 1.29 is 38.0 Å². The Bertz CT molecular complexity index is 745.